The molecule has 0 saturated heterocycles. The van der Waals surface area contributed by atoms with E-state index in [1.807, 2.05) is 30.3 Å². The Balaban J connectivity index is 2.57. The lowest BCUT2D eigenvalue weighted by Crippen LogP contribution is -2.50. The Hall–Kier alpha value is -2.57. The van der Waals surface area contributed by atoms with Crippen molar-refractivity contribution in [2.45, 2.75) is 71.1 Å². The highest BCUT2D eigenvalue weighted by atomic mass is 16.6. The number of aryl methyl sites for hydroxylation is 1. The van der Waals surface area contributed by atoms with E-state index in [0.29, 0.717) is 6.42 Å². The van der Waals surface area contributed by atoms with Crippen LogP contribution in [0.2, 0.25) is 0 Å². The molecule has 0 bridgehead atoms. The second kappa shape index (κ2) is 9.39. The number of hydrogen-bond acceptors (Lipinski definition) is 4. The summed E-state index contributed by atoms with van der Waals surface area (Å²) in [7, 11) is 0. The largest absolute Gasteiger partial charge is 0.480 e. The first-order valence-electron chi connectivity index (χ1n) is 8.95. The van der Waals surface area contributed by atoms with Crippen LogP contribution in [0.15, 0.2) is 30.3 Å². The van der Waals surface area contributed by atoms with Crippen molar-refractivity contribution in [1.82, 2.24) is 10.6 Å². The van der Waals surface area contributed by atoms with E-state index in [1.54, 1.807) is 34.6 Å². The van der Waals surface area contributed by atoms with Gasteiger partial charge in [0.2, 0.25) is 5.91 Å². The van der Waals surface area contributed by atoms with Crippen LogP contribution in [0.3, 0.4) is 0 Å². The van der Waals surface area contributed by atoms with Crippen molar-refractivity contribution in [3.8, 4) is 0 Å². The molecule has 1 aromatic rings. The average Bonchev–Trinajstić information content (AvgIpc) is 2.48. The van der Waals surface area contributed by atoms with Crippen molar-refractivity contribution in [3.05, 3.63) is 35.9 Å². The topological polar surface area (TPSA) is 105 Å². The molecule has 0 aliphatic heterocycles. The maximum Gasteiger partial charge on any atom is 0.408 e. The summed E-state index contributed by atoms with van der Waals surface area (Å²) < 4.78 is 5.19. The first-order valence-corrected chi connectivity index (χ1v) is 8.95. The Morgan fingerprint density at radius 1 is 1.07 bits per heavy atom. The zero-order chi connectivity index (χ0) is 20.7. The van der Waals surface area contributed by atoms with E-state index in [9.17, 15) is 19.5 Å². The Labute approximate surface area is 160 Å². The number of amides is 2. The molecule has 0 radical (unpaired) electrons. The lowest BCUT2D eigenvalue weighted by Gasteiger charge is -2.28. The lowest BCUT2D eigenvalue weighted by molar-refractivity contribution is -0.142. The SMILES string of the molecule is CC(C)(CC(=O)N[C@H](CCc1ccccc1)C(=O)O)NC(=O)OC(C)(C)C. The highest BCUT2D eigenvalue weighted by Gasteiger charge is 2.29. The van der Waals surface area contributed by atoms with Crippen LogP contribution in [0.25, 0.3) is 0 Å². The number of carboxylic acid groups (broad SMARTS) is 1. The van der Waals surface area contributed by atoms with Crippen LogP contribution in [0.1, 0.15) is 53.0 Å². The predicted molar refractivity (Wildman–Crippen MR) is 102 cm³/mol. The van der Waals surface area contributed by atoms with Crippen LogP contribution in [0, 0.1) is 0 Å². The number of hydrogen-bond donors (Lipinski definition) is 3. The van der Waals surface area contributed by atoms with E-state index in [-0.39, 0.29) is 12.8 Å². The quantitative estimate of drug-likeness (QED) is 0.645. The number of aliphatic carboxylic acids is 1. The summed E-state index contributed by atoms with van der Waals surface area (Å²) in [6.45, 7) is 8.59. The summed E-state index contributed by atoms with van der Waals surface area (Å²) in [5, 5.41) is 14.5. The lowest BCUT2D eigenvalue weighted by atomic mass is 9.99. The van der Waals surface area contributed by atoms with Crippen molar-refractivity contribution < 1.29 is 24.2 Å². The smallest absolute Gasteiger partial charge is 0.408 e. The standard InChI is InChI=1S/C20H30N2O5/c1-19(2,3)27-18(26)22-20(4,5)13-16(23)21-15(17(24)25)12-11-14-9-7-6-8-10-14/h6-10,15H,11-13H2,1-5H3,(H,21,23)(H,22,26)(H,24,25)/t15-/m1/s1. The molecular weight excluding hydrogens is 348 g/mol. The van der Waals surface area contributed by atoms with Gasteiger partial charge in [0.25, 0.3) is 0 Å². The van der Waals surface area contributed by atoms with Crippen LogP contribution < -0.4 is 10.6 Å². The van der Waals surface area contributed by atoms with Gasteiger partial charge in [-0.05, 0) is 53.0 Å². The second-order valence-electron chi connectivity index (χ2n) is 8.17. The number of rotatable bonds is 8. The number of nitrogens with one attached hydrogen (secondary N) is 2. The van der Waals surface area contributed by atoms with Crippen LogP contribution >= 0.6 is 0 Å². The third-order valence-electron chi connectivity index (χ3n) is 3.64. The second-order valence-corrected chi connectivity index (χ2v) is 8.17. The fourth-order valence-corrected chi connectivity index (χ4v) is 2.48. The Morgan fingerprint density at radius 2 is 1.67 bits per heavy atom. The van der Waals surface area contributed by atoms with Gasteiger partial charge >= 0.3 is 12.1 Å². The molecule has 7 heteroatoms. The van der Waals surface area contributed by atoms with E-state index < -0.39 is 35.2 Å². The normalized spacial score (nSPS) is 12.8. The van der Waals surface area contributed by atoms with E-state index in [2.05, 4.69) is 10.6 Å². The summed E-state index contributed by atoms with van der Waals surface area (Å²) in [4.78, 5) is 35.6. The molecule has 27 heavy (non-hydrogen) atoms. The highest BCUT2D eigenvalue weighted by Crippen LogP contribution is 2.13. The molecule has 1 atom stereocenters. The molecule has 1 rings (SSSR count). The Kier molecular flexibility index (Phi) is 7.82. The van der Waals surface area contributed by atoms with Gasteiger partial charge in [-0.25, -0.2) is 9.59 Å². The fourth-order valence-electron chi connectivity index (χ4n) is 2.48. The van der Waals surface area contributed by atoms with Gasteiger partial charge < -0.3 is 20.5 Å². The van der Waals surface area contributed by atoms with Gasteiger partial charge in [0.15, 0.2) is 0 Å². The van der Waals surface area contributed by atoms with Gasteiger partial charge in [0, 0.05) is 12.0 Å². The minimum Gasteiger partial charge on any atom is -0.480 e. The Bertz CT molecular complexity index is 650. The summed E-state index contributed by atoms with van der Waals surface area (Å²) >= 11 is 0. The minimum atomic E-state index is -1.09. The fraction of sp³-hybridized carbons (Fsp3) is 0.550. The molecule has 1 aromatic carbocycles. The van der Waals surface area contributed by atoms with Gasteiger partial charge in [-0.1, -0.05) is 30.3 Å². The van der Waals surface area contributed by atoms with Crippen molar-refractivity contribution in [2.75, 3.05) is 0 Å². The van der Waals surface area contributed by atoms with Crippen LogP contribution in [0.4, 0.5) is 4.79 Å². The van der Waals surface area contributed by atoms with Gasteiger partial charge in [0.05, 0.1) is 0 Å². The third kappa shape index (κ3) is 9.63. The molecule has 0 spiro atoms. The van der Waals surface area contributed by atoms with Crippen LogP contribution in [-0.4, -0.2) is 40.3 Å². The summed E-state index contributed by atoms with van der Waals surface area (Å²) in [5.41, 5.74) is -0.520. The van der Waals surface area contributed by atoms with Gasteiger partial charge in [-0.2, -0.15) is 0 Å². The molecule has 2 amide bonds. The molecule has 0 aromatic heterocycles. The average molecular weight is 378 g/mol. The van der Waals surface area contributed by atoms with Crippen LogP contribution in [0.5, 0.6) is 0 Å². The number of carbonyl (C=O) groups is 3. The zero-order valence-corrected chi connectivity index (χ0v) is 16.7. The van der Waals surface area contributed by atoms with Crippen molar-refractivity contribution in [2.24, 2.45) is 0 Å². The molecule has 0 aliphatic carbocycles. The number of carbonyl (C=O) groups excluding carboxylic acids is 2. The molecule has 150 valence electrons. The minimum absolute atomic E-state index is 0.0681. The molecular formula is C20H30N2O5. The van der Waals surface area contributed by atoms with Crippen molar-refractivity contribution in [1.29, 1.82) is 0 Å². The summed E-state index contributed by atoms with van der Waals surface area (Å²) in [5.74, 6) is -1.53. The summed E-state index contributed by atoms with van der Waals surface area (Å²) in [6.07, 6.45) is 0.128. The molecule has 0 unspecified atom stereocenters. The monoisotopic (exact) mass is 378 g/mol. The maximum absolute atomic E-state index is 12.3. The van der Waals surface area contributed by atoms with E-state index in [0.717, 1.165) is 5.56 Å². The number of benzene rings is 1. The number of alkyl carbamates (subject to hydrolysis) is 1. The van der Waals surface area contributed by atoms with E-state index in [4.69, 9.17) is 4.74 Å². The molecule has 3 N–H and O–H groups in total. The Morgan fingerprint density at radius 3 is 2.19 bits per heavy atom. The molecule has 0 fully saturated rings. The zero-order valence-electron chi connectivity index (χ0n) is 16.7. The third-order valence-corrected chi connectivity index (χ3v) is 3.64. The first-order chi connectivity index (χ1) is 12.4. The van der Waals surface area contributed by atoms with Crippen LogP contribution in [-0.2, 0) is 20.7 Å². The number of ether oxygens (including phenoxy) is 1. The number of carboxylic acids is 1. The van der Waals surface area contributed by atoms with Gasteiger partial charge in [-0.3, -0.25) is 4.79 Å². The first kappa shape index (κ1) is 22.5. The molecule has 0 saturated carbocycles. The summed E-state index contributed by atoms with van der Waals surface area (Å²) in [6, 6.07) is 8.49. The van der Waals surface area contributed by atoms with Crippen molar-refractivity contribution in [3.63, 3.8) is 0 Å². The molecule has 7 nitrogen and oxygen atoms in total. The molecule has 0 aliphatic rings. The van der Waals surface area contributed by atoms with Crippen molar-refractivity contribution >= 4 is 18.0 Å². The maximum atomic E-state index is 12.3. The highest BCUT2D eigenvalue weighted by molar-refractivity contribution is 5.84. The van der Waals surface area contributed by atoms with Gasteiger partial charge in [0.1, 0.15) is 11.6 Å². The van der Waals surface area contributed by atoms with E-state index >= 15 is 0 Å². The van der Waals surface area contributed by atoms with Gasteiger partial charge in [-0.15, -0.1) is 0 Å². The molecule has 0 heterocycles. The predicted octanol–water partition coefficient (Wildman–Crippen LogP) is 2.88. The van der Waals surface area contributed by atoms with E-state index in [1.165, 1.54) is 0 Å².